The van der Waals surface area contributed by atoms with Gasteiger partial charge in [0, 0.05) is 18.0 Å². The normalized spacial score (nSPS) is 11.2. The van der Waals surface area contributed by atoms with Crippen molar-refractivity contribution < 1.29 is 9.15 Å². The lowest BCUT2D eigenvalue weighted by Crippen LogP contribution is -2.15. The predicted octanol–water partition coefficient (Wildman–Crippen LogP) is 4.14. The van der Waals surface area contributed by atoms with Gasteiger partial charge in [0.25, 0.3) is 5.56 Å². The third-order valence-corrected chi connectivity index (χ3v) is 5.87. The molecule has 160 valence electrons. The largest absolute Gasteiger partial charge is 0.495 e. The van der Waals surface area contributed by atoms with Crippen LogP contribution in [0.1, 0.15) is 11.3 Å². The van der Waals surface area contributed by atoms with E-state index >= 15 is 0 Å². The van der Waals surface area contributed by atoms with E-state index in [1.54, 1.807) is 36.1 Å². The molecular formula is C23H19N5O3S. The number of nitrogens with zero attached hydrogens (tertiary/aromatic N) is 5. The average Bonchev–Trinajstić information content (AvgIpc) is 3.48. The third-order valence-electron chi connectivity index (χ3n) is 4.91. The number of ether oxygens (including phenoxy) is 1. The second-order valence-electron chi connectivity index (χ2n) is 7.10. The fraction of sp³-hybridized carbons (Fsp3) is 0.130. The van der Waals surface area contributed by atoms with Crippen molar-refractivity contribution in [3.63, 3.8) is 0 Å². The second kappa shape index (κ2) is 8.35. The summed E-state index contributed by atoms with van der Waals surface area (Å²) < 4.78 is 14.6. The molecule has 0 aliphatic rings. The van der Waals surface area contributed by atoms with E-state index in [-0.39, 0.29) is 5.56 Å². The fourth-order valence-electron chi connectivity index (χ4n) is 3.43. The van der Waals surface area contributed by atoms with Crippen LogP contribution in [0.2, 0.25) is 0 Å². The zero-order valence-corrected chi connectivity index (χ0v) is 18.2. The van der Waals surface area contributed by atoms with Crippen molar-refractivity contribution in [1.29, 1.82) is 0 Å². The molecule has 0 radical (unpaired) electrons. The minimum absolute atomic E-state index is 0.114. The first-order valence-corrected chi connectivity index (χ1v) is 10.9. The van der Waals surface area contributed by atoms with E-state index in [9.17, 15) is 4.79 Å². The van der Waals surface area contributed by atoms with Gasteiger partial charge in [-0.3, -0.25) is 13.8 Å². The van der Waals surface area contributed by atoms with E-state index in [1.165, 1.54) is 11.8 Å². The van der Waals surface area contributed by atoms with E-state index in [0.29, 0.717) is 39.6 Å². The number of methoxy groups -OCH3 is 1. The van der Waals surface area contributed by atoms with Crippen LogP contribution in [0.4, 0.5) is 0 Å². The van der Waals surface area contributed by atoms with Gasteiger partial charge in [-0.1, -0.05) is 30.0 Å². The molecule has 0 atom stereocenters. The van der Waals surface area contributed by atoms with E-state index in [4.69, 9.17) is 9.15 Å². The van der Waals surface area contributed by atoms with Gasteiger partial charge in [0.15, 0.2) is 10.9 Å². The topological polar surface area (TPSA) is 87.5 Å². The highest BCUT2D eigenvalue weighted by molar-refractivity contribution is 7.98. The molecule has 0 spiro atoms. The van der Waals surface area contributed by atoms with Gasteiger partial charge >= 0.3 is 0 Å². The first-order valence-electron chi connectivity index (χ1n) is 9.88. The number of aryl methyl sites for hydroxylation is 1. The molecule has 0 saturated carbocycles. The zero-order chi connectivity index (χ0) is 22.1. The van der Waals surface area contributed by atoms with Crippen LogP contribution in [-0.4, -0.2) is 31.3 Å². The van der Waals surface area contributed by atoms with Gasteiger partial charge in [-0.15, -0.1) is 10.2 Å². The molecule has 1 aromatic carbocycles. The number of para-hydroxylation sites is 2. The van der Waals surface area contributed by atoms with Crippen LogP contribution in [0.15, 0.2) is 81.4 Å². The standard InChI is InChI=1S/C23H19N5O3S/c1-15-9-10-20-24-16(12-21(29)27(20)13-15)14-32-23-26-25-22(19-8-5-11-31-19)28(23)17-6-3-4-7-18(17)30-2/h3-13H,14H2,1-2H3. The van der Waals surface area contributed by atoms with Gasteiger partial charge in [-0.2, -0.15) is 0 Å². The molecule has 0 saturated heterocycles. The quantitative estimate of drug-likeness (QED) is 0.363. The molecule has 0 N–H and O–H groups in total. The first-order chi connectivity index (χ1) is 15.6. The van der Waals surface area contributed by atoms with E-state index in [2.05, 4.69) is 15.2 Å². The molecule has 5 aromatic rings. The Labute approximate surface area is 187 Å². The van der Waals surface area contributed by atoms with Crippen molar-refractivity contribution in [2.75, 3.05) is 7.11 Å². The summed E-state index contributed by atoms with van der Waals surface area (Å²) >= 11 is 1.43. The van der Waals surface area contributed by atoms with Crippen LogP contribution >= 0.6 is 11.8 Å². The molecule has 9 heteroatoms. The van der Waals surface area contributed by atoms with Crippen LogP contribution in [0.5, 0.6) is 5.75 Å². The maximum atomic E-state index is 12.5. The number of thioether (sulfide) groups is 1. The molecule has 0 unspecified atom stereocenters. The summed E-state index contributed by atoms with van der Waals surface area (Å²) in [6.07, 6.45) is 3.38. The average molecular weight is 446 g/mol. The highest BCUT2D eigenvalue weighted by Gasteiger charge is 2.20. The Morgan fingerprint density at radius 3 is 2.78 bits per heavy atom. The van der Waals surface area contributed by atoms with Crippen LogP contribution in [0, 0.1) is 6.92 Å². The minimum Gasteiger partial charge on any atom is -0.495 e. The number of hydrogen-bond donors (Lipinski definition) is 0. The number of fused-ring (bicyclic) bond motifs is 1. The molecule has 0 amide bonds. The van der Waals surface area contributed by atoms with Gasteiger partial charge in [0.1, 0.15) is 11.4 Å². The van der Waals surface area contributed by atoms with Crippen molar-refractivity contribution in [2.24, 2.45) is 0 Å². The maximum absolute atomic E-state index is 12.5. The molecule has 8 nitrogen and oxygen atoms in total. The molecule has 5 rings (SSSR count). The zero-order valence-electron chi connectivity index (χ0n) is 17.4. The fourth-order valence-corrected chi connectivity index (χ4v) is 4.27. The highest BCUT2D eigenvalue weighted by atomic mass is 32.2. The van der Waals surface area contributed by atoms with Gasteiger partial charge in [-0.25, -0.2) is 4.98 Å². The Kier molecular flexibility index (Phi) is 5.24. The maximum Gasteiger partial charge on any atom is 0.258 e. The van der Waals surface area contributed by atoms with Crippen molar-refractivity contribution in [3.8, 4) is 23.0 Å². The summed E-state index contributed by atoms with van der Waals surface area (Å²) in [5.41, 5.74) is 2.95. The Morgan fingerprint density at radius 1 is 1.09 bits per heavy atom. The monoisotopic (exact) mass is 445 g/mol. The molecule has 4 heterocycles. The lowest BCUT2D eigenvalue weighted by molar-refractivity contribution is 0.412. The van der Waals surface area contributed by atoms with Crippen molar-refractivity contribution in [3.05, 3.63) is 88.7 Å². The summed E-state index contributed by atoms with van der Waals surface area (Å²) in [6, 6.07) is 16.6. The Bertz CT molecular complexity index is 1460. The Hall–Kier alpha value is -3.85. The predicted molar refractivity (Wildman–Crippen MR) is 121 cm³/mol. The smallest absolute Gasteiger partial charge is 0.258 e. The van der Waals surface area contributed by atoms with Crippen LogP contribution < -0.4 is 10.3 Å². The van der Waals surface area contributed by atoms with Crippen molar-refractivity contribution >= 4 is 17.4 Å². The van der Waals surface area contributed by atoms with Crippen molar-refractivity contribution in [2.45, 2.75) is 17.8 Å². The van der Waals surface area contributed by atoms with Crippen molar-refractivity contribution in [1.82, 2.24) is 24.1 Å². The molecule has 4 aromatic heterocycles. The van der Waals surface area contributed by atoms with Gasteiger partial charge in [-0.05, 0) is 42.8 Å². The van der Waals surface area contributed by atoms with Crippen LogP contribution in [0.25, 0.3) is 22.9 Å². The summed E-state index contributed by atoms with van der Waals surface area (Å²) in [6.45, 7) is 1.94. The second-order valence-corrected chi connectivity index (χ2v) is 8.04. The Morgan fingerprint density at radius 2 is 1.97 bits per heavy atom. The molecular weight excluding hydrogens is 426 g/mol. The SMILES string of the molecule is COc1ccccc1-n1c(SCc2cc(=O)n3cc(C)ccc3n2)nnc1-c1ccco1. The summed E-state index contributed by atoms with van der Waals surface area (Å²) in [7, 11) is 1.62. The third kappa shape index (κ3) is 3.67. The number of aromatic nitrogens is 5. The highest BCUT2D eigenvalue weighted by Crippen LogP contribution is 2.33. The summed E-state index contributed by atoms with van der Waals surface area (Å²) in [5.74, 6) is 2.28. The van der Waals surface area contributed by atoms with Gasteiger partial charge < -0.3 is 9.15 Å². The molecule has 32 heavy (non-hydrogen) atoms. The lowest BCUT2D eigenvalue weighted by atomic mass is 10.3. The number of benzene rings is 1. The number of hydrogen-bond acceptors (Lipinski definition) is 7. The van der Waals surface area contributed by atoms with E-state index in [1.807, 2.05) is 54.0 Å². The number of pyridine rings is 1. The molecule has 0 bridgehead atoms. The van der Waals surface area contributed by atoms with E-state index < -0.39 is 0 Å². The minimum atomic E-state index is -0.114. The first kappa shape index (κ1) is 20.1. The van der Waals surface area contributed by atoms with Gasteiger partial charge in [0.05, 0.1) is 24.8 Å². The van der Waals surface area contributed by atoms with Crippen LogP contribution in [0.3, 0.4) is 0 Å². The summed E-state index contributed by atoms with van der Waals surface area (Å²) in [4.78, 5) is 17.2. The van der Waals surface area contributed by atoms with E-state index in [0.717, 1.165) is 11.3 Å². The molecule has 0 aliphatic carbocycles. The number of furan rings is 1. The van der Waals surface area contributed by atoms with Crippen LogP contribution in [-0.2, 0) is 5.75 Å². The van der Waals surface area contributed by atoms with Gasteiger partial charge in [0.2, 0.25) is 5.82 Å². The summed E-state index contributed by atoms with van der Waals surface area (Å²) in [5, 5.41) is 9.37. The number of rotatable bonds is 6. The lowest BCUT2D eigenvalue weighted by Gasteiger charge is -2.13. The Balaban J connectivity index is 1.54. The molecule has 0 aliphatic heterocycles. The molecule has 0 fully saturated rings.